The maximum Gasteiger partial charge on any atom is 0.262 e. The zero-order valence-corrected chi connectivity index (χ0v) is 18.2. The summed E-state index contributed by atoms with van der Waals surface area (Å²) in [5, 5.41) is 3.45. The number of hydrogen-bond acceptors (Lipinski definition) is 5. The number of carbonyl (C=O) groups is 1. The van der Waals surface area contributed by atoms with Gasteiger partial charge in [-0.2, -0.15) is 0 Å². The van der Waals surface area contributed by atoms with E-state index < -0.39 is 0 Å². The number of anilines is 2. The summed E-state index contributed by atoms with van der Waals surface area (Å²) in [4.78, 5) is 18.9. The van der Waals surface area contributed by atoms with Crippen molar-refractivity contribution in [3.8, 4) is 17.2 Å². The molecule has 31 heavy (non-hydrogen) atoms. The number of amides is 1. The Kier molecular flexibility index (Phi) is 5.82. The highest BCUT2D eigenvalue weighted by Gasteiger charge is 2.11. The molecule has 7 heteroatoms. The Hall–Kier alpha value is -3.51. The van der Waals surface area contributed by atoms with Gasteiger partial charge in [-0.15, -0.1) is 0 Å². The van der Waals surface area contributed by atoms with Crippen LogP contribution in [-0.4, -0.2) is 31.6 Å². The van der Waals surface area contributed by atoms with Crippen LogP contribution in [0.2, 0.25) is 5.02 Å². The maximum absolute atomic E-state index is 12.3. The number of benzene rings is 3. The summed E-state index contributed by atoms with van der Waals surface area (Å²) in [6, 6.07) is 18.6. The lowest BCUT2D eigenvalue weighted by Crippen LogP contribution is -2.20. The molecule has 0 radical (unpaired) electrons. The predicted molar refractivity (Wildman–Crippen MR) is 124 cm³/mol. The highest BCUT2D eigenvalue weighted by atomic mass is 35.5. The fourth-order valence-corrected chi connectivity index (χ4v) is 3.37. The lowest BCUT2D eigenvalue weighted by atomic mass is 10.2. The number of aryl methyl sites for hydroxylation is 1. The molecular weight excluding hydrogens is 414 g/mol. The van der Waals surface area contributed by atoms with E-state index in [1.807, 2.05) is 50.2 Å². The quantitative estimate of drug-likeness (QED) is 0.430. The Morgan fingerprint density at radius 1 is 1.10 bits per heavy atom. The fraction of sp³-hybridized carbons (Fsp3) is 0.167. The monoisotopic (exact) mass is 435 g/mol. The molecule has 4 aromatic rings. The predicted octanol–water partition coefficient (Wildman–Crippen LogP) is 5.54. The van der Waals surface area contributed by atoms with Crippen LogP contribution in [0.15, 0.2) is 65.1 Å². The highest BCUT2D eigenvalue weighted by molar-refractivity contribution is 6.30. The van der Waals surface area contributed by atoms with Crippen LogP contribution in [0.5, 0.6) is 5.75 Å². The maximum atomic E-state index is 12.3. The summed E-state index contributed by atoms with van der Waals surface area (Å²) in [5.41, 5.74) is 4.80. The lowest BCUT2D eigenvalue weighted by molar-refractivity contribution is -0.118. The lowest BCUT2D eigenvalue weighted by Gasteiger charge is -2.11. The van der Waals surface area contributed by atoms with Gasteiger partial charge in [0.1, 0.15) is 11.3 Å². The van der Waals surface area contributed by atoms with E-state index in [1.54, 1.807) is 36.4 Å². The third-order valence-electron chi connectivity index (χ3n) is 4.80. The highest BCUT2D eigenvalue weighted by Crippen LogP contribution is 2.27. The van der Waals surface area contributed by atoms with Crippen molar-refractivity contribution in [1.29, 1.82) is 0 Å². The van der Waals surface area contributed by atoms with Crippen molar-refractivity contribution in [1.82, 2.24) is 4.98 Å². The molecular formula is C24H22ClN3O3. The molecule has 0 unspecified atom stereocenters. The van der Waals surface area contributed by atoms with Crippen LogP contribution >= 0.6 is 11.6 Å². The minimum Gasteiger partial charge on any atom is -0.483 e. The summed E-state index contributed by atoms with van der Waals surface area (Å²) in [5.74, 6) is 0.887. The molecule has 1 N–H and O–H groups in total. The van der Waals surface area contributed by atoms with Gasteiger partial charge in [-0.25, -0.2) is 4.98 Å². The minimum atomic E-state index is -0.267. The average molecular weight is 436 g/mol. The second-order valence-electron chi connectivity index (χ2n) is 7.39. The number of carbonyl (C=O) groups excluding carboxylic acids is 1. The minimum absolute atomic E-state index is 0.108. The molecule has 1 amide bonds. The number of nitrogens with zero attached hydrogens (tertiary/aromatic N) is 2. The molecule has 1 aromatic heterocycles. The molecule has 0 aliphatic rings. The Balaban J connectivity index is 1.44. The third kappa shape index (κ3) is 4.81. The second-order valence-corrected chi connectivity index (χ2v) is 7.83. The molecule has 0 spiro atoms. The van der Waals surface area contributed by atoms with Crippen molar-refractivity contribution >= 4 is 40.0 Å². The zero-order chi connectivity index (χ0) is 22.0. The molecule has 0 bridgehead atoms. The summed E-state index contributed by atoms with van der Waals surface area (Å²) >= 11 is 5.94. The zero-order valence-electron chi connectivity index (χ0n) is 17.5. The van der Waals surface area contributed by atoms with Crippen LogP contribution in [0, 0.1) is 6.92 Å². The molecule has 0 fully saturated rings. The van der Waals surface area contributed by atoms with Gasteiger partial charge in [-0.3, -0.25) is 4.79 Å². The Bertz CT molecular complexity index is 1230. The molecule has 0 atom stereocenters. The molecule has 1 heterocycles. The summed E-state index contributed by atoms with van der Waals surface area (Å²) in [6.45, 7) is 1.77. The van der Waals surface area contributed by atoms with Gasteiger partial charge in [0.15, 0.2) is 12.2 Å². The van der Waals surface area contributed by atoms with E-state index in [4.69, 9.17) is 20.8 Å². The topological polar surface area (TPSA) is 67.6 Å². The number of halogens is 1. The Labute approximate surface area is 185 Å². The third-order valence-corrected chi connectivity index (χ3v) is 5.03. The normalized spacial score (nSPS) is 10.8. The largest absolute Gasteiger partial charge is 0.483 e. The summed E-state index contributed by atoms with van der Waals surface area (Å²) < 4.78 is 11.5. The number of rotatable bonds is 6. The molecule has 158 valence electrons. The van der Waals surface area contributed by atoms with E-state index in [0.29, 0.717) is 33.4 Å². The average Bonchev–Trinajstić information content (AvgIpc) is 3.16. The summed E-state index contributed by atoms with van der Waals surface area (Å²) in [7, 11) is 3.98. The van der Waals surface area contributed by atoms with E-state index in [9.17, 15) is 4.79 Å². The van der Waals surface area contributed by atoms with Crippen molar-refractivity contribution in [2.24, 2.45) is 0 Å². The Morgan fingerprint density at radius 2 is 1.87 bits per heavy atom. The van der Waals surface area contributed by atoms with Gasteiger partial charge in [-0.1, -0.05) is 11.6 Å². The number of ether oxygens (including phenoxy) is 1. The van der Waals surface area contributed by atoms with Gasteiger partial charge >= 0.3 is 0 Å². The fourth-order valence-electron chi connectivity index (χ4n) is 3.15. The number of nitrogens with one attached hydrogen (secondary N) is 1. The van der Waals surface area contributed by atoms with Gasteiger partial charge in [0.05, 0.1) is 0 Å². The summed E-state index contributed by atoms with van der Waals surface area (Å²) in [6.07, 6.45) is 0. The number of hydrogen-bond donors (Lipinski definition) is 1. The molecule has 0 aliphatic carbocycles. The van der Waals surface area contributed by atoms with Crippen molar-refractivity contribution in [2.75, 3.05) is 30.9 Å². The molecule has 0 saturated carbocycles. The van der Waals surface area contributed by atoms with Crippen LogP contribution in [0.25, 0.3) is 22.6 Å². The van der Waals surface area contributed by atoms with Crippen molar-refractivity contribution in [3.05, 3.63) is 71.2 Å². The number of oxazole rings is 1. The van der Waals surface area contributed by atoms with E-state index in [-0.39, 0.29) is 12.5 Å². The van der Waals surface area contributed by atoms with Gasteiger partial charge in [0.2, 0.25) is 5.89 Å². The first-order valence-corrected chi connectivity index (χ1v) is 10.1. The van der Waals surface area contributed by atoms with Crippen LogP contribution in [0.3, 0.4) is 0 Å². The van der Waals surface area contributed by atoms with Crippen molar-refractivity contribution < 1.29 is 13.9 Å². The molecule has 0 aliphatic heterocycles. The smallest absolute Gasteiger partial charge is 0.262 e. The standard InChI is InChI=1S/C24H22ClN3O3/c1-15-12-17(25)6-10-21(15)30-14-23(29)26-18-7-11-22-20(13-18)27-24(31-22)16-4-8-19(9-5-16)28(2)3/h4-13H,14H2,1-3H3,(H,26,29). The SMILES string of the molecule is Cc1cc(Cl)ccc1OCC(=O)Nc1ccc2oc(-c3ccc(N(C)C)cc3)nc2c1. The van der Waals surface area contributed by atoms with E-state index in [0.717, 1.165) is 16.8 Å². The second kappa shape index (κ2) is 8.70. The molecule has 4 rings (SSSR count). The van der Waals surface area contributed by atoms with E-state index in [2.05, 4.69) is 10.3 Å². The molecule has 0 saturated heterocycles. The van der Waals surface area contributed by atoms with E-state index >= 15 is 0 Å². The van der Waals surface area contributed by atoms with Crippen LogP contribution in [0.4, 0.5) is 11.4 Å². The van der Waals surface area contributed by atoms with Crippen molar-refractivity contribution in [3.63, 3.8) is 0 Å². The van der Waals surface area contributed by atoms with Crippen molar-refractivity contribution in [2.45, 2.75) is 6.92 Å². The first-order chi connectivity index (χ1) is 14.9. The Morgan fingerprint density at radius 3 is 2.58 bits per heavy atom. The van der Waals surface area contributed by atoms with Gasteiger partial charge in [0.25, 0.3) is 5.91 Å². The first-order valence-electron chi connectivity index (χ1n) is 9.76. The molecule has 3 aromatic carbocycles. The number of fused-ring (bicyclic) bond motifs is 1. The van der Waals surface area contributed by atoms with Crippen LogP contribution in [-0.2, 0) is 4.79 Å². The van der Waals surface area contributed by atoms with Gasteiger partial charge < -0.3 is 19.4 Å². The number of aromatic nitrogens is 1. The van der Waals surface area contributed by atoms with Crippen LogP contribution in [0.1, 0.15) is 5.56 Å². The van der Waals surface area contributed by atoms with Gasteiger partial charge in [-0.05, 0) is 73.2 Å². The van der Waals surface area contributed by atoms with Crippen LogP contribution < -0.4 is 15.0 Å². The van der Waals surface area contributed by atoms with E-state index in [1.165, 1.54) is 0 Å². The molecule has 6 nitrogen and oxygen atoms in total. The first kappa shape index (κ1) is 20.8. The van der Waals surface area contributed by atoms with Gasteiger partial charge in [0, 0.05) is 36.1 Å².